The number of hydrogen-bond donors (Lipinski definition) is 1. The van der Waals surface area contributed by atoms with E-state index in [1.165, 1.54) is 4.31 Å². The molecule has 8 heteroatoms. The van der Waals surface area contributed by atoms with Crippen LogP contribution >= 0.6 is 15.9 Å². The molecular weight excluding hydrogens is 430 g/mol. The minimum Gasteiger partial charge on any atom is -0.326 e. The van der Waals surface area contributed by atoms with Gasteiger partial charge in [0.05, 0.1) is 22.4 Å². The second-order valence-corrected chi connectivity index (χ2v) is 9.19. The molecule has 0 aliphatic carbocycles. The van der Waals surface area contributed by atoms with Crippen LogP contribution < -0.4 is 5.32 Å². The number of rotatable bonds is 4. The zero-order valence-electron chi connectivity index (χ0n) is 14.4. The number of piperidine rings is 1. The van der Waals surface area contributed by atoms with Crippen molar-refractivity contribution in [3.8, 4) is 6.07 Å². The molecule has 1 aliphatic rings. The van der Waals surface area contributed by atoms with Crippen LogP contribution in [0.15, 0.2) is 57.9 Å². The van der Waals surface area contributed by atoms with Gasteiger partial charge in [0, 0.05) is 23.2 Å². The number of carbonyl (C=O) groups is 1. The predicted octanol–water partition coefficient (Wildman–Crippen LogP) is 3.36. The maximum absolute atomic E-state index is 12.9. The molecule has 0 aromatic heterocycles. The Labute approximate surface area is 167 Å². The standard InChI is InChI=1S/C19H18BrN3O3S/c20-16-6-8-18(9-7-16)27(25,26)23-10-2-4-15(13-23)19(24)22-17-5-1-3-14(11-17)12-21/h1,3,5-9,11,15H,2,4,10,13H2,(H,22,24)/t15-/m1/s1. The summed E-state index contributed by atoms with van der Waals surface area (Å²) in [6, 6.07) is 15.1. The first-order chi connectivity index (χ1) is 12.9. The molecule has 27 heavy (non-hydrogen) atoms. The van der Waals surface area contributed by atoms with Crippen molar-refractivity contribution in [2.45, 2.75) is 17.7 Å². The normalized spacial score (nSPS) is 17.9. The van der Waals surface area contributed by atoms with Gasteiger partial charge in [-0.25, -0.2) is 8.42 Å². The second kappa shape index (κ2) is 8.21. The summed E-state index contributed by atoms with van der Waals surface area (Å²) in [7, 11) is -3.64. The Morgan fingerprint density at radius 1 is 1.22 bits per heavy atom. The topological polar surface area (TPSA) is 90.3 Å². The van der Waals surface area contributed by atoms with Crippen molar-refractivity contribution < 1.29 is 13.2 Å². The molecule has 2 aromatic rings. The molecule has 2 aromatic carbocycles. The number of halogens is 1. The van der Waals surface area contributed by atoms with Crippen LogP contribution in [0.5, 0.6) is 0 Å². The molecule has 3 rings (SSSR count). The van der Waals surface area contributed by atoms with Crippen LogP contribution in [-0.4, -0.2) is 31.7 Å². The van der Waals surface area contributed by atoms with Gasteiger partial charge in [0.1, 0.15) is 0 Å². The predicted molar refractivity (Wildman–Crippen MR) is 105 cm³/mol. The van der Waals surface area contributed by atoms with Crippen molar-refractivity contribution in [1.82, 2.24) is 4.31 Å². The Kier molecular flexibility index (Phi) is 5.95. The van der Waals surface area contributed by atoms with Crippen molar-refractivity contribution in [2.75, 3.05) is 18.4 Å². The molecule has 1 atom stereocenters. The van der Waals surface area contributed by atoms with Gasteiger partial charge in [0.2, 0.25) is 15.9 Å². The fraction of sp³-hybridized carbons (Fsp3) is 0.263. The molecule has 1 fully saturated rings. The van der Waals surface area contributed by atoms with Crippen LogP contribution in [0.3, 0.4) is 0 Å². The summed E-state index contributed by atoms with van der Waals surface area (Å²) in [6.07, 6.45) is 1.24. The van der Waals surface area contributed by atoms with Gasteiger partial charge in [-0.3, -0.25) is 4.79 Å². The number of amides is 1. The van der Waals surface area contributed by atoms with Crippen LogP contribution in [0, 0.1) is 17.2 Å². The lowest BCUT2D eigenvalue weighted by Crippen LogP contribution is -2.43. The fourth-order valence-corrected chi connectivity index (χ4v) is 4.83. The first-order valence-electron chi connectivity index (χ1n) is 8.47. The average Bonchev–Trinajstić information content (AvgIpc) is 2.68. The number of hydrogen-bond acceptors (Lipinski definition) is 4. The molecule has 0 unspecified atom stereocenters. The van der Waals surface area contributed by atoms with E-state index in [4.69, 9.17) is 5.26 Å². The summed E-state index contributed by atoms with van der Waals surface area (Å²) in [5.74, 6) is -0.671. The average molecular weight is 448 g/mol. The number of carbonyl (C=O) groups excluding carboxylic acids is 1. The van der Waals surface area contributed by atoms with Gasteiger partial charge in [-0.2, -0.15) is 9.57 Å². The van der Waals surface area contributed by atoms with Crippen LogP contribution in [0.2, 0.25) is 0 Å². The molecule has 0 spiro atoms. The number of nitrogens with one attached hydrogen (secondary N) is 1. The number of nitrogens with zero attached hydrogens (tertiary/aromatic N) is 2. The highest BCUT2D eigenvalue weighted by Gasteiger charge is 2.33. The van der Waals surface area contributed by atoms with E-state index in [2.05, 4.69) is 21.2 Å². The minimum absolute atomic E-state index is 0.141. The lowest BCUT2D eigenvalue weighted by atomic mass is 9.98. The summed E-state index contributed by atoms with van der Waals surface area (Å²) in [4.78, 5) is 12.8. The van der Waals surface area contributed by atoms with E-state index in [1.807, 2.05) is 6.07 Å². The Bertz CT molecular complexity index is 984. The molecule has 6 nitrogen and oxygen atoms in total. The van der Waals surface area contributed by atoms with Gasteiger partial charge in [0.15, 0.2) is 0 Å². The van der Waals surface area contributed by atoms with E-state index in [1.54, 1.807) is 48.5 Å². The zero-order valence-corrected chi connectivity index (χ0v) is 16.8. The Morgan fingerprint density at radius 3 is 2.67 bits per heavy atom. The third-order valence-electron chi connectivity index (χ3n) is 4.47. The summed E-state index contributed by atoms with van der Waals surface area (Å²) in [6.45, 7) is 0.536. The summed E-state index contributed by atoms with van der Waals surface area (Å²) in [5.41, 5.74) is 0.989. The zero-order chi connectivity index (χ0) is 19.4. The van der Waals surface area contributed by atoms with Crippen molar-refractivity contribution >= 4 is 37.5 Å². The largest absolute Gasteiger partial charge is 0.326 e. The van der Waals surface area contributed by atoms with Gasteiger partial charge >= 0.3 is 0 Å². The Hall–Kier alpha value is -2.21. The number of benzene rings is 2. The fourth-order valence-electron chi connectivity index (χ4n) is 3.04. The van der Waals surface area contributed by atoms with Crippen molar-refractivity contribution in [3.63, 3.8) is 0 Å². The van der Waals surface area contributed by atoms with E-state index >= 15 is 0 Å². The van der Waals surface area contributed by atoms with Crippen LogP contribution in [0.1, 0.15) is 18.4 Å². The van der Waals surface area contributed by atoms with Crippen molar-refractivity contribution in [3.05, 3.63) is 58.6 Å². The maximum atomic E-state index is 12.9. The molecule has 1 amide bonds. The van der Waals surface area contributed by atoms with E-state index in [0.29, 0.717) is 30.6 Å². The van der Waals surface area contributed by atoms with E-state index in [0.717, 1.165) is 4.47 Å². The summed E-state index contributed by atoms with van der Waals surface area (Å²) < 4.78 is 27.9. The molecule has 140 valence electrons. The van der Waals surface area contributed by atoms with Crippen LogP contribution in [0.4, 0.5) is 5.69 Å². The highest BCUT2D eigenvalue weighted by molar-refractivity contribution is 9.10. The van der Waals surface area contributed by atoms with Crippen LogP contribution in [-0.2, 0) is 14.8 Å². The SMILES string of the molecule is N#Cc1cccc(NC(=O)[C@@H]2CCCN(S(=O)(=O)c3ccc(Br)cc3)C2)c1. The van der Waals surface area contributed by atoms with Gasteiger partial charge in [-0.15, -0.1) is 0 Å². The Morgan fingerprint density at radius 2 is 1.96 bits per heavy atom. The summed E-state index contributed by atoms with van der Waals surface area (Å²) >= 11 is 3.30. The van der Waals surface area contributed by atoms with E-state index < -0.39 is 15.9 Å². The molecule has 1 aliphatic heterocycles. The lowest BCUT2D eigenvalue weighted by molar-refractivity contribution is -0.120. The molecule has 0 saturated carbocycles. The smallest absolute Gasteiger partial charge is 0.243 e. The first-order valence-corrected chi connectivity index (χ1v) is 10.7. The number of nitriles is 1. The first kappa shape index (κ1) is 19.5. The van der Waals surface area contributed by atoms with Gasteiger partial charge < -0.3 is 5.32 Å². The van der Waals surface area contributed by atoms with Gasteiger partial charge in [0.25, 0.3) is 0 Å². The number of sulfonamides is 1. The quantitative estimate of drug-likeness (QED) is 0.777. The lowest BCUT2D eigenvalue weighted by Gasteiger charge is -2.31. The molecule has 1 saturated heterocycles. The van der Waals surface area contributed by atoms with Crippen LogP contribution in [0.25, 0.3) is 0 Å². The van der Waals surface area contributed by atoms with E-state index in [-0.39, 0.29) is 17.3 Å². The third-order valence-corrected chi connectivity index (χ3v) is 6.87. The molecule has 0 bridgehead atoms. The maximum Gasteiger partial charge on any atom is 0.243 e. The van der Waals surface area contributed by atoms with Gasteiger partial charge in [-0.05, 0) is 55.3 Å². The highest BCUT2D eigenvalue weighted by Crippen LogP contribution is 2.25. The van der Waals surface area contributed by atoms with Gasteiger partial charge in [-0.1, -0.05) is 22.0 Å². The number of anilines is 1. The Balaban J connectivity index is 1.72. The monoisotopic (exact) mass is 447 g/mol. The molecule has 1 N–H and O–H groups in total. The third kappa shape index (κ3) is 4.56. The minimum atomic E-state index is -3.64. The van der Waals surface area contributed by atoms with E-state index in [9.17, 15) is 13.2 Å². The highest BCUT2D eigenvalue weighted by atomic mass is 79.9. The molecule has 1 heterocycles. The second-order valence-electron chi connectivity index (χ2n) is 6.34. The summed E-state index contributed by atoms with van der Waals surface area (Å²) in [5, 5.41) is 11.7. The van der Waals surface area contributed by atoms with Crippen molar-refractivity contribution in [2.24, 2.45) is 5.92 Å². The van der Waals surface area contributed by atoms with Crippen molar-refractivity contribution in [1.29, 1.82) is 5.26 Å². The molecule has 0 radical (unpaired) electrons. The molecular formula is C19H18BrN3O3S.